The predicted octanol–water partition coefficient (Wildman–Crippen LogP) is 3.74. The fourth-order valence-corrected chi connectivity index (χ4v) is 4.19. The van der Waals surface area contributed by atoms with E-state index in [-0.39, 0.29) is 11.5 Å². The first-order valence-corrected chi connectivity index (χ1v) is 9.18. The average Bonchev–Trinajstić information content (AvgIpc) is 3.12. The van der Waals surface area contributed by atoms with E-state index in [0.717, 1.165) is 26.1 Å². The maximum atomic E-state index is 12.8. The molecule has 1 saturated heterocycles. The van der Waals surface area contributed by atoms with E-state index in [4.69, 9.17) is 9.84 Å². The van der Waals surface area contributed by atoms with Crippen LogP contribution in [0.4, 0.5) is 0 Å². The fraction of sp³-hybridized carbons (Fsp3) is 0.200. The molecule has 132 valence electrons. The number of carboxylic acids is 1. The topological polar surface area (TPSA) is 66.8 Å². The third kappa shape index (κ3) is 3.09. The highest BCUT2D eigenvalue weighted by molar-refractivity contribution is 7.20. The summed E-state index contributed by atoms with van der Waals surface area (Å²) in [5, 5.41) is 10.1. The number of hydrogen-bond acceptors (Lipinski definition) is 4. The SMILES string of the molecule is O=C(O)c1ccc(-c2cccc3sc(C(=O)N4CCOCC4)cc23)cc1. The molecule has 6 heteroatoms. The minimum Gasteiger partial charge on any atom is -0.478 e. The first-order valence-electron chi connectivity index (χ1n) is 8.37. The first kappa shape index (κ1) is 16.8. The quantitative estimate of drug-likeness (QED) is 0.766. The number of ether oxygens (including phenoxy) is 1. The summed E-state index contributed by atoms with van der Waals surface area (Å²) in [6, 6.07) is 14.7. The number of benzene rings is 2. The van der Waals surface area contributed by atoms with Crippen LogP contribution >= 0.6 is 11.3 Å². The summed E-state index contributed by atoms with van der Waals surface area (Å²) >= 11 is 1.49. The Morgan fingerprint density at radius 2 is 1.77 bits per heavy atom. The summed E-state index contributed by atoms with van der Waals surface area (Å²) in [7, 11) is 0. The van der Waals surface area contributed by atoms with Gasteiger partial charge in [0.05, 0.1) is 23.7 Å². The van der Waals surface area contributed by atoms with E-state index in [1.54, 1.807) is 24.3 Å². The second-order valence-electron chi connectivity index (χ2n) is 6.12. The zero-order valence-corrected chi connectivity index (χ0v) is 14.8. The molecule has 2 heterocycles. The molecule has 1 amide bonds. The highest BCUT2D eigenvalue weighted by Crippen LogP contribution is 2.34. The molecular weight excluding hydrogens is 350 g/mol. The molecule has 5 nitrogen and oxygen atoms in total. The standard InChI is InChI=1S/C20H17NO4S/c22-19(21-8-10-25-11-9-21)18-12-16-15(2-1-3-17(16)26-18)13-4-6-14(7-5-13)20(23)24/h1-7,12H,8-11H2,(H,23,24). The van der Waals surface area contributed by atoms with Crippen LogP contribution in [0.15, 0.2) is 48.5 Å². The third-order valence-electron chi connectivity index (χ3n) is 4.51. The van der Waals surface area contributed by atoms with E-state index in [1.807, 2.05) is 29.2 Å². The van der Waals surface area contributed by atoms with Gasteiger partial charge in [-0.2, -0.15) is 0 Å². The lowest BCUT2D eigenvalue weighted by Crippen LogP contribution is -2.40. The summed E-state index contributed by atoms with van der Waals surface area (Å²) in [5.74, 6) is -0.898. The number of fused-ring (bicyclic) bond motifs is 1. The fourth-order valence-electron chi connectivity index (χ4n) is 3.13. The van der Waals surface area contributed by atoms with Gasteiger partial charge in [0.25, 0.3) is 5.91 Å². The van der Waals surface area contributed by atoms with Gasteiger partial charge in [-0.15, -0.1) is 11.3 Å². The van der Waals surface area contributed by atoms with E-state index in [0.29, 0.717) is 26.3 Å². The van der Waals surface area contributed by atoms with Crippen molar-refractivity contribution in [3.63, 3.8) is 0 Å². The number of nitrogens with zero attached hydrogens (tertiary/aromatic N) is 1. The number of carbonyl (C=O) groups is 2. The van der Waals surface area contributed by atoms with Crippen molar-refractivity contribution in [1.82, 2.24) is 4.90 Å². The van der Waals surface area contributed by atoms with Crippen molar-refractivity contribution in [2.75, 3.05) is 26.3 Å². The lowest BCUT2D eigenvalue weighted by molar-refractivity contribution is 0.0306. The minimum absolute atomic E-state index is 0.0432. The van der Waals surface area contributed by atoms with E-state index in [9.17, 15) is 9.59 Å². The van der Waals surface area contributed by atoms with Gasteiger partial charge in [-0.3, -0.25) is 4.79 Å². The smallest absolute Gasteiger partial charge is 0.335 e. The van der Waals surface area contributed by atoms with Crippen molar-refractivity contribution < 1.29 is 19.4 Å². The number of thiophene rings is 1. The summed E-state index contributed by atoms with van der Waals surface area (Å²) < 4.78 is 6.36. The Labute approximate surface area is 154 Å². The van der Waals surface area contributed by atoms with Crippen molar-refractivity contribution >= 4 is 33.3 Å². The average molecular weight is 367 g/mol. The Hall–Kier alpha value is -2.70. The number of carboxylic acid groups (broad SMARTS) is 1. The van der Waals surface area contributed by atoms with Gasteiger partial charge in [0, 0.05) is 23.2 Å². The third-order valence-corrected chi connectivity index (χ3v) is 5.60. The molecule has 3 aromatic rings. The maximum absolute atomic E-state index is 12.8. The van der Waals surface area contributed by atoms with Gasteiger partial charge < -0.3 is 14.7 Å². The van der Waals surface area contributed by atoms with Crippen LogP contribution in [-0.4, -0.2) is 48.2 Å². The van der Waals surface area contributed by atoms with E-state index < -0.39 is 5.97 Å². The molecule has 1 fully saturated rings. The van der Waals surface area contributed by atoms with Gasteiger partial charge in [-0.05, 0) is 35.4 Å². The van der Waals surface area contributed by atoms with E-state index in [1.165, 1.54) is 11.3 Å². The molecule has 26 heavy (non-hydrogen) atoms. The molecule has 1 N–H and O–H groups in total. The number of amides is 1. The van der Waals surface area contributed by atoms with Crippen LogP contribution in [0.3, 0.4) is 0 Å². The van der Waals surface area contributed by atoms with Crippen molar-refractivity contribution in [2.45, 2.75) is 0 Å². The van der Waals surface area contributed by atoms with Gasteiger partial charge in [0.2, 0.25) is 0 Å². The van der Waals surface area contributed by atoms with E-state index >= 15 is 0 Å². The Morgan fingerprint density at radius 1 is 1.04 bits per heavy atom. The normalized spacial score (nSPS) is 14.5. The maximum Gasteiger partial charge on any atom is 0.335 e. The second-order valence-corrected chi connectivity index (χ2v) is 7.20. The number of morpholine rings is 1. The van der Waals surface area contributed by atoms with Crippen molar-refractivity contribution in [3.05, 3.63) is 59.0 Å². The molecule has 0 saturated carbocycles. The number of rotatable bonds is 3. The molecule has 0 radical (unpaired) electrons. The van der Waals surface area contributed by atoms with Gasteiger partial charge in [-0.1, -0.05) is 24.3 Å². The van der Waals surface area contributed by atoms with Gasteiger partial charge in [-0.25, -0.2) is 4.79 Å². The molecule has 0 atom stereocenters. The Kier molecular flexibility index (Phi) is 4.44. The van der Waals surface area contributed by atoms with Gasteiger partial charge >= 0.3 is 5.97 Å². The molecule has 0 aliphatic carbocycles. The van der Waals surface area contributed by atoms with Crippen LogP contribution in [0.2, 0.25) is 0 Å². The largest absolute Gasteiger partial charge is 0.478 e. The summed E-state index contributed by atoms with van der Waals surface area (Å²) in [4.78, 5) is 26.3. The van der Waals surface area contributed by atoms with Crippen LogP contribution in [0, 0.1) is 0 Å². The van der Waals surface area contributed by atoms with Crippen LogP contribution in [0.25, 0.3) is 21.2 Å². The highest BCUT2D eigenvalue weighted by atomic mass is 32.1. The lowest BCUT2D eigenvalue weighted by atomic mass is 10.0. The molecule has 1 aliphatic rings. The molecule has 0 unspecified atom stereocenters. The van der Waals surface area contributed by atoms with Gasteiger partial charge in [0.15, 0.2) is 0 Å². The summed E-state index contributed by atoms with van der Waals surface area (Å²) in [5.41, 5.74) is 2.19. The monoisotopic (exact) mass is 367 g/mol. The molecule has 2 aromatic carbocycles. The predicted molar refractivity (Wildman–Crippen MR) is 101 cm³/mol. The number of aromatic carboxylic acids is 1. The number of hydrogen-bond donors (Lipinski definition) is 1. The van der Waals surface area contributed by atoms with Crippen LogP contribution in [-0.2, 0) is 4.74 Å². The molecule has 1 aliphatic heterocycles. The Morgan fingerprint density at radius 3 is 2.46 bits per heavy atom. The van der Waals surface area contributed by atoms with Crippen molar-refractivity contribution in [2.24, 2.45) is 0 Å². The van der Waals surface area contributed by atoms with Crippen LogP contribution in [0.1, 0.15) is 20.0 Å². The molecular formula is C20H17NO4S. The Bertz CT molecular complexity index is 971. The van der Waals surface area contributed by atoms with Crippen LogP contribution in [0.5, 0.6) is 0 Å². The first-order chi connectivity index (χ1) is 12.6. The minimum atomic E-state index is -0.941. The zero-order chi connectivity index (χ0) is 18.1. The number of carbonyl (C=O) groups excluding carboxylic acids is 1. The second kappa shape index (κ2) is 6.90. The van der Waals surface area contributed by atoms with Crippen LogP contribution < -0.4 is 0 Å². The molecule has 0 bridgehead atoms. The molecule has 0 spiro atoms. The zero-order valence-electron chi connectivity index (χ0n) is 14.0. The molecule has 1 aromatic heterocycles. The lowest BCUT2D eigenvalue weighted by Gasteiger charge is -2.26. The van der Waals surface area contributed by atoms with Gasteiger partial charge in [0.1, 0.15) is 0 Å². The molecule has 4 rings (SSSR count). The Balaban J connectivity index is 1.71. The summed E-state index contributed by atoms with van der Waals surface area (Å²) in [6.45, 7) is 2.41. The van der Waals surface area contributed by atoms with Crippen molar-refractivity contribution in [1.29, 1.82) is 0 Å². The van der Waals surface area contributed by atoms with E-state index in [2.05, 4.69) is 0 Å². The summed E-state index contributed by atoms with van der Waals surface area (Å²) in [6.07, 6.45) is 0. The van der Waals surface area contributed by atoms with Crippen molar-refractivity contribution in [3.8, 4) is 11.1 Å². The highest BCUT2D eigenvalue weighted by Gasteiger charge is 2.21.